The number of benzene rings is 2. The van der Waals surface area contributed by atoms with Gasteiger partial charge in [-0.2, -0.15) is 0 Å². The topological polar surface area (TPSA) is 23.5 Å². The van der Waals surface area contributed by atoms with Crippen LogP contribution < -0.4 is 0 Å². The molecule has 0 aromatic heterocycles. The Hall–Kier alpha value is -1.06. The zero-order valence-corrected chi connectivity index (χ0v) is 15.2. The van der Waals surface area contributed by atoms with E-state index in [1.54, 1.807) is 0 Å². The molecular formula is C20H23Cl2NO. The lowest BCUT2D eigenvalue weighted by molar-refractivity contribution is 0.263. The van der Waals surface area contributed by atoms with E-state index < -0.39 is 0 Å². The van der Waals surface area contributed by atoms with Gasteiger partial charge in [-0.05, 0) is 42.0 Å². The van der Waals surface area contributed by atoms with Crippen LogP contribution in [0.4, 0.5) is 0 Å². The minimum absolute atomic E-state index is 0.253. The zero-order valence-electron chi connectivity index (χ0n) is 13.7. The number of aliphatic hydroxyl groups is 1. The Kier molecular flexibility index (Phi) is 6.18. The molecule has 2 nitrogen and oxygen atoms in total. The predicted octanol–water partition coefficient (Wildman–Crippen LogP) is 4.98. The molecular weight excluding hydrogens is 341 g/mol. The lowest BCUT2D eigenvalue weighted by Crippen LogP contribution is -2.20. The number of hydrogen-bond acceptors (Lipinski definition) is 2. The molecule has 1 aliphatic heterocycles. The summed E-state index contributed by atoms with van der Waals surface area (Å²) in [6.07, 6.45) is 1.88. The van der Waals surface area contributed by atoms with Crippen LogP contribution in [0.2, 0.25) is 10.0 Å². The highest BCUT2D eigenvalue weighted by Crippen LogP contribution is 2.38. The highest BCUT2D eigenvalue weighted by atomic mass is 35.5. The first-order valence-corrected chi connectivity index (χ1v) is 9.25. The number of halogens is 2. The molecule has 2 unspecified atom stereocenters. The number of likely N-dealkylation sites (tertiary alicyclic amines) is 1. The molecule has 0 saturated carbocycles. The van der Waals surface area contributed by atoms with Gasteiger partial charge in [-0.1, -0.05) is 59.6 Å². The van der Waals surface area contributed by atoms with Crippen molar-refractivity contribution >= 4 is 23.2 Å². The third-order valence-corrected chi connectivity index (χ3v) is 5.61. The van der Waals surface area contributed by atoms with Gasteiger partial charge in [-0.15, -0.1) is 0 Å². The van der Waals surface area contributed by atoms with Crippen LogP contribution in [0.15, 0.2) is 48.5 Å². The van der Waals surface area contributed by atoms with E-state index in [4.69, 9.17) is 23.2 Å². The average Bonchev–Trinajstić information content (AvgIpc) is 2.99. The molecule has 2 atom stereocenters. The van der Waals surface area contributed by atoms with E-state index in [0.717, 1.165) is 32.5 Å². The average molecular weight is 364 g/mol. The maximum Gasteiger partial charge on any atom is 0.0595 e. The van der Waals surface area contributed by atoms with E-state index in [9.17, 15) is 5.11 Å². The molecule has 4 heteroatoms. The molecule has 1 aliphatic rings. The number of hydrogen-bond donors (Lipinski definition) is 1. The van der Waals surface area contributed by atoms with Crippen LogP contribution in [0.3, 0.4) is 0 Å². The van der Waals surface area contributed by atoms with E-state index in [0.29, 0.717) is 21.9 Å². The SMILES string of the molecule is OCCCC1CN(Cc2ccccc2)CC1c1ccc(Cl)c(Cl)c1. The molecule has 2 aromatic carbocycles. The Morgan fingerprint density at radius 1 is 1.00 bits per heavy atom. The zero-order chi connectivity index (χ0) is 16.9. The summed E-state index contributed by atoms with van der Waals surface area (Å²) in [6, 6.07) is 16.6. The fourth-order valence-electron chi connectivity index (χ4n) is 3.70. The summed E-state index contributed by atoms with van der Waals surface area (Å²) in [4.78, 5) is 2.50. The number of nitrogens with zero attached hydrogens (tertiary/aromatic N) is 1. The Morgan fingerprint density at radius 2 is 1.79 bits per heavy atom. The molecule has 3 rings (SSSR count). The summed E-state index contributed by atoms with van der Waals surface area (Å²) in [5.41, 5.74) is 2.59. The largest absolute Gasteiger partial charge is 0.396 e. The van der Waals surface area contributed by atoms with Gasteiger partial charge in [0, 0.05) is 32.2 Å². The van der Waals surface area contributed by atoms with Crippen LogP contribution in [0.25, 0.3) is 0 Å². The monoisotopic (exact) mass is 363 g/mol. The van der Waals surface area contributed by atoms with Crippen molar-refractivity contribution in [3.05, 3.63) is 69.7 Å². The fourth-order valence-corrected chi connectivity index (χ4v) is 4.00. The minimum atomic E-state index is 0.253. The molecule has 0 amide bonds. The maximum absolute atomic E-state index is 9.21. The van der Waals surface area contributed by atoms with E-state index in [2.05, 4.69) is 41.3 Å². The van der Waals surface area contributed by atoms with Gasteiger partial charge in [0.1, 0.15) is 0 Å². The van der Waals surface area contributed by atoms with Crippen LogP contribution in [-0.2, 0) is 6.54 Å². The second kappa shape index (κ2) is 8.35. The molecule has 1 heterocycles. The highest BCUT2D eigenvalue weighted by Gasteiger charge is 2.33. The van der Waals surface area contributed by atoms with Gasteiger partial charge < -0.3 is 5.11 Å². The molecule has 0 bridgehead atoms. The van der Waals surface area contributed by atoms with Crippen molar-refractivity contribution in [3.63, 3.8) is 0 Å². The van der Waals surface area contributed by atoms with E-state index >= 15 is 0 Å². The van der Waals surface area contributed by atoms with Crippen molar-refractivity contribution in [2.24, 2.45) is 5.92 Å². The Morgan fingerprint density at radius 3 is 2.50 bits per heavy atom. The smallest absolute Gasteiger partial charge is 0.0595 e. The number of aliphatic hydroxyl groups excluding tert-OH is 1. The van der Waals surface area contributed by atoms with Crippen molar-refractivity contribution in [2.45, 2.75) is 25.3 Å². The normalized spacial score (nSPS) is 21.3. The van der Waals surface area contributed by atoms with Crippen LogP contribution in [0, 0.1) is 5.92 Å². The molecule has 0 spiro atoms. The van der Waals surface area contributed by atoms with Crippen molar-refractivity contribution < 1.29 is 5.11 Å². The van der Waals surface area contributed by atoms with Crippen molar-refractivity contribution in [1.29, 1.82) is 0 Å². The Labute approximate surface area is 154 Å². The van der Waals surface area contributed by atoms with Crippen molar-refractivity contribution in [2.75, 3.05) is 19.7 Å². The third kappa shape index (κ3) is 4.31. The fraction of sp³-hybridized carbons (Fsp3) is 0.400. The van der Waals surface area contributed by atoms with Gasteiger partial charge in [-0.25, -0.2) is 0 Å². The summed E-state index contributed by atoms with van der Waals surface area (Å²) < 4.78 is 0. The first kappa shape index (κ1) is 17.8. The molecule has 1 saturated heterocycles. The van der Waals surface area contributed by atoms with Crippen LogP contribution >= 0.6 is 23.2 Å². The van der Waals surface area contributed by atoms with E-state index in [1.807, 2.05) is 12.1 Å². The second-order valence-electron chi connectivity index (χ2n) is 6.59. The first-order valence-electron chi connectivity index (χ1n) is 8.49. The predicted molar refractivity (Wildman–Crippen MR) is 101 cm³/mol. The molecule has 1 N–H and O–H groups in total. The van der Waals surface area contributed by atoms with Crippen LogP contribution in [0.5, 0.6) is 0 Å². The molecule has 24 heavy (non-hydrogen) atoms. The minimum Gasteiger partial charge on any atom is -0.396 e. The Bertz CT molecular complexity index is 662. The highest BCUT2D eigenvalue weighted by molar-refractivity contribution is 6.42. The lowest BCUT2D eigenvalue weighted by atomic mass is 9.86. The molecule has 2 aromatic rings. The van der Waals surface area contributed by atoms with Crippen LogP contribution in [-0.4, -0.2) is 29.7 Å². The quantitative estimate of drug-likeness (QED) is 0.781. The van der Waals surface area contributed by atoms with Gasteiger partial charge in [0.05, 0.1) is 10.0 Å². The lowest BCUT2D eigenvalue weighted by Gasteiger charge is -2.19. The first-order chi connectivity index (χ1) is 11.7. The number of rotatable bonds is 6. The summed E-state index contributed by atoms with van der Waals surface area (Å²) in [6.45, 7) is 3.29. The van der Waals surface area contributed by atoms with Gasteiger partial charge in [0.15, 0.2) is 0 Å². The molecule has 128 valence electrons. The van der Waals surface area contributed by atoms with Gasteiger partial charge in [0.2, 0.25) is 0 Å². The van der Waals surface area contributed by atoms with E-state index in [1.165, 1.54) is 11.1 Å². The molecule has 1 fully saturated rings. The van der Waals surface area contributed by atoms with Gasteiger partial charge in [-0.3, -0.25) is 4.90 Å². The van der Waals surface area contributed by atoms with Crippen molar-refractivity contribution in [1.82, 2.24) is 4.90 Å². The molecule has 0 radical (unpaired) electrons. The third-order valence-electron chi connectivity index (χ3n) is 4.87. The second-order valence-corrected chi connectivity index (χ2v) is 7.40. The van der Waals surface area contributed by atoms with Crippen molar-refractivity contribution in [3.8, 4) is 0 Å². The standard InChI is InChI=1S/C20H23Cl2NO/c21-19-9-8-16(11-20(19)22)18-14-23(13-17(18)7-4-10-24)12-15-5-2-1-3-6-15/h1-3,5-6,8-9,11,17-18,24H,4,7,10,12-14H2. The summed E-state index contributed by atoms with van der Waals surface area (Å²) in [5.74, 6) is 0.980. The molecule has 0 aliphatic carbocycles. The Balaban J connectivity index is 1.76. The summed E-state index contributed by atoms with van der Waals surface area (Å²) in [5, 5.41) is 10.4. The van der Waals surface area contributed by atoms with E-state index in [-0.39, 0.29) is 6.61 Å². The van der Waals surface area contributed by atoms with Gasteiger partial charge in [0.25, 0.3) is 0 Å². The van der Waals surface area contributed by atoms with Crippen LogP contribution in [0.1, 0.15) is 29.9 Å². The van der Waals surface area contributed by atoms with Gasteiger partial charge >= 0.3 is 0 Å². The maximum atomic E-state index is 9.21. The summed E-state index contributed by atoms with van der Waals surface area (Å²) in [7, 11) is 0. The summed E-state index contributed by atoms with van der Waals surface area (Å²) >= 11 is 12.3.